The largest absolute Gasteiger partial charge is 0.330 e. The van der Waals surface area contributed by atoms with E-state index in [-0.39, 0.29) is 5.41 Å². The number of carbonyl (C=O) groups is 1. The monoisotopic (exact) mass is 185 g/mol. The van der Waals surface area contributed by atoms with Gasteiger partial charge in [-0.25, -0.2) is 0 Å². The van der Waals surface area contributed by atoms with E-state index < -0.39 is 0 Å². The molecule has 0 fully saturated rings. The highest BCUT2D eigenvalue weighted by atomic mass is 16.1. The number of Topliss-reactive ketones (excluding diaryl/α,β-unsaturated/α-hetero) is 1. The van der Waals surface area contributed by atoms with E-state index >= 15 is 0 Å². The highest BCUT2D eigenvalue weighted by Crippen LogP contribution is 2.21. The summed E-state index contributed by atoms with van der Waals surface area (Å²) in [4.78, 5) is 11.4. The lowest BCUT2D eigenvalue weighted by molar-refractivity contribution is -0.120. The molecule has 2 N–H and O–H groups in total. The summed E-state index contributed by atoms with van der Waals surface area (Å²) in [5.74, 6) is 0.695. The van der Waals surface area contributed by atoms with Crippen molar-refractivity contribution in [3.05, 3.63) is 0 Å². The van der Waals surface area contributed by atoms with Gasteiger partial charge in [0.25, 0.3) is 0 Å². The van der Waals surface area contributed by atoms with Gasteiger partial charge in [-0.1, -0.05) is 27.7 Å². The van der Waals surface area contributed by atoms with Crippen molar-refractivity contribution in [3.63, 3.8) is 0 Å². The molecule has 0 saturated carbocycles. The van der Waals surface area contributed by atoms with Crippen molar-refractivity contribution in [1.29, 1.82) is 0 Å². The fraction of sp³-hybridized carbons (Fsp3) is 0.909. The number of hydrogen-bond acceptors (Lipinski definition) is 2. The van der Waals surface area contributed by atoms with Crippen LogP contribution in [0.4, 0.5) is 0 Å². The Hall–Kier alpha value is -0.370. The van der Waals surface area contributed by atoms with Gasteiger partial charge < -0.3 is 5.73 Å². The van der Waals surface area contributed by atoms with Crippen molar-refractivity contribution < 1.29 is 4.79 Å². The van der Waals surface area contributed by atoms with E-state index in [4.69, 9.17) is 5.73 Å². The van der Waals surface area contributed by atoms with E-state index in [1.807, 2.05) is 6.92 Å². The average molecular weight is 185 g/mol. The van der Waals surface area contributed by atoms with Crippen LogP contribution >= 0.6 is 0 Å². The topological polar surface area (TPSA) is 43.1 Å². The van der Waals surface area contributed by atoms with Crippen LogP contribution in [0.2, 0.25) is 0 Å². The fourth-order valence-corrected chi connectivity index (χ4v) is 1.09. The Morgan fingerprint density at radius 3 is 2.31 bits per heavy atom. The molecule has 0 saturated heterocycles. The predicted molar refractivity (Wildman–Crippen MR) is 56.5 cm³/mol. The first-order valence-electron chi connectivity index (χ1n) is 5.07. The molecular weight excluding hydrogens is 162 g/mol. The zero-order valence-electron chi connectivity index (χ0n) is 9.39. The molecule has 2 heteroatoms. The van der Waals surface area contributed by atoms with Gasteiger partial charge in [-0.3, -0.25) is 4.79 Å². The molecule has 0 heterocycles. The molecule has 0 aromatic rings. The summed E-state index contributed by atoms with van der Waals surface area (Å²) in [5.41, 5.74) is 5.72. The molecule has 1 unspecified atom stereocenters. The van der Waals surface area contributed by atoms with Crippen LogP contribution in [0.3, 0.4) is 0 Å². The first-order valence-corrected chi connectivity index (χ1v) is 5.07. The zero-order valence-corrected chi connectivity index (χ0v) is 9.39. The lowest BCUT2D eigenvalue weighted by Crippen LogP contribution is -2.16. The Morgan fingerprint density at radius 1 is 1.38 bits per heavy atom. The Morgan fingerprint density at radius 2 is 1.92 bits per heavy atom. The second-order valence-electron chi connectivity index (χ2n) is 5.14. The number of ketones is 1. The minimum atomic E-state index is 0.265. The molecule has 0 aromatic heterocycles. The quantitative estimate of drug-likeness (QED) is 0.714. The van der Waals surface area contributed by atoms with Crippen molar-refractivity contribution in [2.24, 2.45) is 17.1 Å². The van der Waals surface area contributed by atoms with Crippen molar-refractivity contribution in [2.75, 3.05) is 6.54 Å². The van der Waals surface area contributed by atoms with Gasteiger partial charge in [-0.15, -0.1) is 0 Å². The van der Waals surface area contributed by atoms with Gasteiger partial charge >= 0.3 is 0 Å². The summed E-state index contributed by atoms with van der Waals surface area (Å²) in [6.45, 7) is 9.11. The summed E-state index contributed by atoms with van der Waals surface area (Å²) >= 11 is 0. The molecule has 0 rings (SSSR count). The molecule has 0 aliphatic rings. The van der Waals surface area contributed by atoms with Crippen LogP contribution in [-0.2, 0) is 4.79 Å². The molecule has 0 spiro atoms. The van der Waals surface area contributed by atoms with Crippen LogP contribution in [0.5, 0.6) is 0 Å². The summed E-state index contributed by atoms with van der Waals surface area (Å²) in [6.07, 6.45) is 2.32. The first-order chi connectivity index (χ1) is 5.85. The highest BCUT2D eigenvalue weighted by Gasteiger charge is 2.14. The third kappa shape index (κ3) is 7.97. The lowest BCUT2D eigenvalue weighted by atomic mass is 9.88. The Labute approximate surface area is 81.9 Å². The van der Waals surface area contributed by atoms with Gasteiger partial charge in [0.2, 0.25) is 0 Å². The van der Waals surface area contributed by atoms with Crippen molar-refractivity contribution in [1.82, 2.24) is 0 Å². The van der Waals surface area contributed by atoms with E-state index in [1.54, 1.807) is 0 Å². The molecule has 1 atom stereocenters. The predicted octanol–water partition coefficient (Wildman–Crippen LogP) is 2.37. The lowest BCUT2D eigenvalue weighted by Gasteiger charge is -2.17. The Kier molecular flexibility index (Phi) is 5.23. The van der Waals surface area contributed by atoms with Gasteiger partial charge in [0.05, 0.1) is 0 Å². The van der Waals surface area contributed by atoms with Crippen LogP contribution in [0.15, 0.2) is 0 Å². The normalized spacial score (nSPS) is 14.2. The minimum absolute atomic E-state index is 0.265. The van der Waals surface area contributed by atoms with Gasteiger partial charge in [-0.2, -0.15) is 0 Å². The summed E-state index contributed by atoms with van der Waals surface area (Å²) in [5, 5.41) is 0. The third-order valence-corrected chi connectivity index (χ3v) is 2.13. The summed E-state index contributed by atoms with van der Waals surface area (Å²) in [7, 11) is 0. The standard InChI is InChI=1S/C11H23NO/c1-9(8-12)7-10(13)5-6-11(2,3)4/h9H,5-8,12H2,1-4H3. The van der Waals surface area contributed by atoms with E-state index in [2.05, 4.69) is 20.8 Å². The van der Waals surface area contributed by atoms with Crippen LogP contribution in [0, 0.1) is 11.3 Å². The minimum Gasteiger partial charge on any atom is -0.330 e. The number of nitrogens with two attached hydrogens (primary N) is 1. The zero-order chi connectivity index (χ0) is 10.5. The van der Waals surface area contributed by atoms with E-state index in [0.717, 1.165) is 6.42 Å². The molecule has 0 aliphatic carbocycles. The van der Waals surface area contributed by atoms with Crippen LogP contribution < -0.4 is 5.73 Å². The van der Waals surface area contributed by atoms with E-state index in [0.29, 0.717) is 31.1 Å². The van der Waals surface area contributed by atoms with Crippen molar-refractivity contribution >= 4 is 5.78 Å². The maximum atomic E-state index is 11.4. The SMILES string of the molecule is CC(CN)CC(=O)CCC(C)(C)C. The molecule has 13 heavy (non-hydrogen) atoms. The molecule has 0 aromatic carbocycles. The molecule has 0 bridgehead atoms. The maximum Gasteiger partial charge on any atom is 0.133 e. The molecule has 2 nitrogen and oxygen atoms in total. The smallest absolute Gasteiger partial charge is 0.133 e. The Balaban J connectivity index is 3.64. The molecule has 0 aliphatic heterocycles. The number of rotatable bonds is 5. The third-order valence-electron chi connectivity index (χ3n) is 2.13. The molecule has 0 amide bonds. The molecule has 78 valence electrons. The summed E-state index contributed by atoms with van der Waals surface area (Å²) < 4.78 is 0. The number of hydrogen-bond donors (Lipinski definition) is 1. The van der Waals surface area contributed by atoms with Gasteiger partial charge in [-0.05, 0) is 24.3 Å². The molecular formula is C11H23NO. The van der Waals surface area contributed by atoms with E-state index in [1.165, 1.54) is 0 Å². The van der Waals surface area contributed by atoms with E-state index in [9.17, 15) is 4.79 Å². The van der Waals surface area contributed by atoms with Crippen molar-refractivity contribution in [3.8, 4) is 0 Å². The maximum absolute atomic E-state index is 11.4. The van der Waals surface area contributed by atoms with Crippen molar-refractivity contribution in [2.45, 2.75) is 47.0 Å². The van der Waals surface area contributed by atoms with Crippen LogP contribution in [-0.4, -0.2) is 12.3 Å². The van der Waals surface area contributed by atoms with Crippen LogP contribution in [0.25, 0.3) is 0 Å². The second-order valence-corrected chi connectivity index (χ2v) is 5.14. The summed E-state index contributed by atoms with van der Waals surface area (Å²) in [6, 6.07) is 0. The average Bonchev–Trinajstić information content (AvgIpc) is 1.99. The highest BCUT2D eigenvalue weighted by molar-refractivity contribution is 5.78. The van der Waals surface area contributed by atoms with Gasteiger partial charge in [0.15, 0.2) is 0 Å². The first kappa shape index (κ1) is 12.6. The van der Waals surface area contributed by atoms with Gasteiger partial charge in [0, 0.05) is 12.8 Å². The fourth-order valence-electron chi connectivity index (χ4n) is 1.09. The van der Waals surface area contributed by atoms with Gasteiger partial charge in [0.1, 0.15) is 5.78 Å². The Bertz CT molecular complexity index is 158. The van der Waals surface area contributed by atoms with Crippen LogP contribution in [0.1, 0.15) is 47.0 Å². The second kappa shape index (κ2) is 5.38. The number of carbonyl (C=O) groups excluding carboxylic acids is 1. The molecule has 0 radical (unpaired) electrons.